The zero-order valence-electron chi connectivity index (χ0n) is 7.05. The van der Waals surface area contributed by atoms with Crippen LogP contribution in [-0.2, 0) is 6.18 Å². The molecule has 0 fully saturated rings. The molecule has 0 amide bonds. The summed E-state index contributed by atoms with van der Waals surface area (Å²) in [5, 5.41) is 0. The maximum absolute atomic E-state index is 12.3. The minimum Gasteiger partial charge on any atom is -0.298 e. The third kappa shape index (κ3) is 2.28. The molecule has 0 saturated carbocycles. The van der Waals surface area contributed by atoms with E-state index in [0.29, 0.717) is 0 Å². The molecule has 0 aromatic carbocycles. The average Bonchev–Trinajstić information content (AvgIpc) is 2.15. The number of aldehydes is 1. The summed E-state index contributed by atoms with van der Waals surface area (Å²) in [5.74, 6) is 0. The quantitative estimate of drug-likeness (QED) is 0.572. The van der Waals surface area contributed by atoms with Gasteiger partial charge in [-0.3, -0.25) is 9.78 Å². The highest BCUT2D eigenvalue weighted by Crippen LogP contribution is 2.36. The van der Waals surface area contributed by atoms with Gasteiger partial charge in [0.25, 0.3) is 6.43 Å². The van der Waals surface area contributed by atoms with Crippen LogP contribution in [0.3, 0.4) is 0 Å². The molecule has 82 valence electrons. The maximum atomic E-state index is 12.3. The third-order valence-electron chi connectivity index (χ3n) is 1.63. The number of nitrogens with zero attached hydrogens (tertiary/aromatic N) is 1. The zero-order valence-corrected chi connectivity index (χ0v) is 7.05. The van der Waals surface area contributed by atoms with E-state index in [9.17, 15) is 26.7 Å². The van der Waals surface area contributed by atoms with Crippen molar-refractivity contribution in [1.29, 1.82) is 0 Å². The Morgan fingerprint density at radius 2 is 1.93 bits per heavy atom. The number of halogens is 5. The molecule has 0 radical (unpaired) electrons. The van der Waals surface area contributed by atoms with Crippen LogP contribution in [0.4, 0.5) is 22.0 Å². The SMILES string of the molecule is O=Cc1ccnc(C(F)F)c1C(F)(F)F. The van der Waals surface area contributed by atoms with E-state index >= 15 is 0 Å². The first-order chi connectivity index (χ1) is 6.88. The molecular weight excluding hydrogens is 221 g/mol. The van der Waals surface area contributed by atoms with Crippen LogP contribution in [0.1, 0.15) is 28.0 Å². The fraction of sp³-hybridized carbons (Fsp3) is 0.250. The van der Waals surface area contributed by atoms with Crippen LogP contribution in [0.5, 0.6) is 0 Å². The van der Waals surface area contributed by atoms with E-state index in [4.69, 9.17) is 0 Å². The highest BCUT2D eigenvalue weighted by Gasteiger charge is 2.39. The maximum Gasteiger partial charge on any atom is 0.419 e. The summed E-state index contributed by atoms with van der Waals surface area (Å²) in [6.07, 6.45) is -7.78. The number of carbonyl (C=O) groups excluding carboxylic acids is 1. The first-order valence-corrected chi connectivity index (χ1v) is 3.67. The van der Waals surface area contributed by atoms with Crippen LogP contribution in [0.2, 0.25) is 0 Å². The molecule has 2 nitrogen and oxygen atoms in total. The van der Waals surface area contributed by atoms with E-state index in [1.165, 1.54) is 0 Å². The van der Waals surface area contributed by atoms with E-state index in [-0.39, 0.29) is 6.29 Å². The number of carbonyl (C=O) groups is 1. The molecule has 0 aliphatic rings. The van der Waals surface area contributed by atoms with Crippen LogP contribution in [-0.4, -0.2) is 11.3 Å². The molecule has 1 aromatic rings. The van der Waals surface area contributed by atoms with Gasteiger partial charge in [0.1, 0.15) is 5.69 Å². The van der Waals surface area contributed by atoms with E-state index in [2.05, 4.69) is 4.98 Å². The molecule has 0 bridgehead atoms. The summed E-state index contributed by atoms with van der Waals surface area (Å²) in [7, 11) is 0. The van der Waals surface area contributed by atoms with Gasteiger partial charge in [-0.2, -0.15) is 13.2 Å². The fourth-order valence-corrected chi connectivity index (χ4v) is 1.07. The van der Waals surface area contributed by atoms with E-state index < -0.39 is 29.4 Å². The van der Waals surface area contributed by atoms with Crippen molar-refractivity contribution in [3.8, 4) is 0 Å². The Kier molecular flexibility index (Phi) is 3.01. The predicted octanol–water partition coefficient (Wildman–Crippen LogP) is 2.85. The summed E-state index contributed by atoms with van der Waals surface area (Å²) < 4.78 is 61.4. The van der Waals surface area contributed by atoms with Gasteiger partial charge in [-0.1, -0.05) is 0 Å². The Morgan fingerprint density at radius 1 is 1.33 bits per heavy atom. The molecule has 1 aromatic heterocycles. The first kappa shape index (κ1) is 11.5. The number of rotatable bonds is 2. The predicted molar refractivity (Wildman–Crippen MR) is 39.6 cm³/mol. The summed E-state index contributed by atoms with van der Waals surface area (Å²) in [6.45, 7) is 0. The van der Waals surface area contributed by atoms with Crippen molar-refractivity contribution in [2.45, 2.75) is 12.6 Å². The average molecular weight is 225 g/mol. The van der Waals surface area contributed by atoms with Crippen molar-refractivity contribution in [3.63, 3.8) is 0 Å². The van der Waals surface area contributed by atoms with E-state index in [1.54, 1.807) is 0 Å². The molecule has 0 saturated heterocycles. The summed E-state index contributed by atoms with van der Waals surface area (Å²) >= 11 is 0. The Hall–Kier alpha value is -1.53. The van der Waals surface area contributed by atoms with Crippen LogP contribution >= 0.6 is 0 Å². The van der Waals surface area contributed by atoms with Gasteiger partial charge in [0.15, 0.2) is 6.29 Å². The normalized spacial score (nSPS) is 11.9. The smallest absolute Gasteiger partial charge is 0.298 e. The molecule has 0 aliphatic carbocycles. The molecule has 1 rings (SSSR count). The van der Waals surface area contributed by atoms with E-state index in [0.717, 1.165) is 12.3 Å². The summed E-state index contributed by atoms with van der Waals surface area (Å²) in [5.41, 5.74) is -3.94. The van der Waals surface area contributed by atoms with Gasteiger partial charge >= 0.3 is 6.18 Å². The Balaban J connectivity index is 3.47. The van der Waals surface area contributed by atoms with Crippen LogP contribution in [0.25, 0.3) is 0 Å². The van der Waals surface area contributed by atoms with Crippen molar-refractivity contribution in [2.24, 2.45) is 0 Å². The van der Waals surface area contributed by atoms with Gasteiger partial charge in [-0.25, -0.2) is 8.78 Å². The molecule has 15 heavy (non-hydrogen) atoms. The number of pyridine rings is 1. The van der Waals surface area contributed by atoms with Gasteiger partial charge in [0.05, 0.1) is 5.56 Å². The van der Waals surface area contributed by atoms with Crippen molar-refractivity contribution >= 4 is 6.29 Å². The standard InChI is InChI=1S/C8H4F5NO/c9-7(10)6-5(8(11,12)13)4(3-15)1-2-14-6/h1-3,7H. The second-order valence-electron chi connectivity index (χ2n) is 2.58. The van der Waals surface area contributed by atoms with Gasteiger partial charge in [0, 0.05) is 11.8 Å². The Morgan fingerprint density at radius 3 is 2.33 bits per heavy atom. The molecule has 0 aliphatic heterocycles. The second kappa shape index (κ2) is 3.92. The van der Waals surface area contributed by atoms with Gasteiger partial charge in [0.2, 0.25) is 0 Å². The second-order valence-corrected chi connectivity index (χ2v) is 2.58. The highest BCUT2D eigenvalue weighted by atomic mass is 19.4. The highest BCUT2D eigenvalue weighted by molar-refractivity contribution is 5.77. The lowest BCUT2D eigenvalue weighted by atomic mass is 10.1. The monoisotopic (exact) mass is 225 g/mol. The zero-order chi connectivity index (χ0) is 11.6. The topological polar surface area (TPSA) is 30.0 Å². The number of aromatic nitrogens is 1. The molecule has 1 heterocycles. The Labute approximate surface area is 80.7 Å². The summed E-state index contributed by atoms with van der Waals surface area (Å²) in [4.78, 5) is 13.2. The van der Waals surface area contributed by atoms with Crippen molar-refractivity contribution in [1.82, 2.24) is 4.98 Å². The van der Waals surface area contributed by atoms with Gasteiger partial charge < -0.3 is 0 Å². The van der Waals surface area contributed by atoms with Gasteiger partial charge in [-0.05, 0) is 6.07 Å². The molecular formula is C8H4F5NO. The molecule has 0 N–H and O–H groups in total. The van der Waals surface area contributed by atoms with Crippen molar-refractivity contribution in [2.75, 3.05) is 0 Å². The lowest BCUT2D eigenvalue weighted by molar-refractivity contribution is -0.140. The molecule has 0 spiro atoms. The number of hydrogen-bond donors (Lipinski definition) is 0. The van der Waals surface area contributed by atoms with Crippen LogP contribution < -0.4 is 0 Å². The third-order valence-corrected chi connectivity index (χ3v) is 1.63. The van der Waals surface area contributed by atoms with Crippen LogP contribution in [0, 0.1) is 0 Å². The largest absolute Gasteiger partial charge is 0.419 e. The molecule has 7 heteroatoms. The minimum absolute atomic E-state index is 0.129. The molecule has 0 unspecified atom stereocenters. The van der Waals surface area contributed by atoms with Crippen molar-refractivity contribution in [3.05, 3.63) is 29.1 Å². The first-order valence-electron chi connectivity index (χ1n) is 3.67. The fourth-order valence-electron chi connectivity index (χ4n) is 1.07. The summed E-state index contributed by atoms with van der Waals surface area (Å²) in [6, 6.07) is 0.738. The lowest BCUT2D eigenvalue weighted by Crippen LogP contribution is -2.14. The Bertz CT molecular complexity index is 374. The van der Waals surface area contributed by atoms with Crippen LogP contribution in [0.15, 0.2) is 12.3 Å². The van der Waals surface area contributed by atoms with Gasteiger partial charge in [-0.15, -0.1) is 0 Å². The van der Waals surface area contributed by atoms with E-state index in [1.807, 2.05) is 0 Å². The minimum atomic E-state index is -5.02. The number of hydrogen-bond acceptors (Lipinski definition) is 2. The number of alkyl halides is 5. The van der Waals surface area contributed by atoms with Crippen molar-refractivity contribution < 1.29 is 26.7 Å². The lowest BCUT2D eigenvalue weighted by Gasteiger charge is -2.12. The molecule has 0 atom stereocenters.